The van der Waals surface area contributed by atoms with Crippen LogP contribution in [-0.2, 0) is 9.59 Å². The Morgan fingerprint density at radius 2 is 1.85 bits per heavy atom. The molecule has 3 aromatic carbocycles. The van der Waals surface area contributed by atoms with E-state index in [1.54, 1.807) is 4.90 Å². The normalized spacial score (nSPS) is 15.3. The predicted molar refractivity (Wildman–Crippen MR) is 179 cm³/mol. The molecule has 1 aliphatic rings. The largest absolute Gasteiger partial charge is 0.573 e. The summed E-state index contributed by atoms with van der Waals surface area (Å²) in [5.41, 5.74) is 5.07. The number of hydrogen-bond donors (Lipinski definition) is 0. The van der Waals surface area contributed by atoms with Gasteiger partial charge < -0.3 is 4.74 Å². The number of alkyl halides is 3. The van der Waals surface area contributed by atoms with E-state index in [0.29, 0.717) is 23.1 Å². The first-order chi connectivity index (χ1) is 22.4. The van der Waals surface area contributed by atoms with Gasteiger partial charge in [0, 0.05) is 12.0 Å². The highest BCUT2D eigenvalue weighted by Gasteiger charge is 2.33. The minimum atomic E-state index is -4.76. The number of nitrogens with zero attached hydrogens (tertiary/aromatic N) is 5. The molecular formula is C35H34F3N5O3S. The number of benzene rings is 3. The van der Waals surface area contributed by atoms with Crippen molar-refractivity contribution in [1.29, 1.82) is 0 Å². The second-order valence-electron chi connectivity index (χ2n) is 11.7. The molecule has 0 N–H and O–H groups in total. The van der Waals surface area contributed by atoms with E-state index in [9.17, 15) is 22.8 Å². The van der Waals surface area contributed by atoms with Crippen LogP contribution in [0.4, 0.5) is 18.9 Å². The third kappa shape index (κ3) is 8.76. The minimum Gasteiger partial charge on any atom is -0.406 e. The molecule has 0 radical (unpaired) electrons. The number of amides is 2. The lowest BCUT2D eigenvalue weighted by Crippen LogP contribution is -2.31. The Balaban J connectivity index is 1.19. The summed E-state index contributed by atoms with van der Waals surface area (Å²) in [6.45, 7) is 8.11. The fourth-order valence-corrected chi connectivity index (χ4v) is 5.97. The van der Waals surface area contributed by atoms with Gasteiger partial charge in [0.05, 0.1) is 17.1 Å². The van der Waals surface area contributed by atoms with Crippen molar-refractivity contribution in [2.24, 2.45) is 10.9 Å². The van der Waals surface area contributed by atoms with E-state index in [2.05, 4.69) is 33.7 Å². The van der Waals surface area contributed by atoms with Gasteiger partial charge in [-0.25, -0.2) is 9.67 Å². The standard InChI is InChI=1S/C35H34F3N5O3S/c1-22(2)29-16-11-24(4)17-30(29)43-32(45)20-47-34(43)40-31(44)18-23(3)7-5-8-25-9-6-10-26(19-25)33-39-21-42(41-33)27-12-14-28(15-13-27)46-35(36,37)38/h5-6,8-17,19,21-23H,7,18,20H2,1-4H3/b8-5-,40-34?. The first-order valence-electron chi connectivity index (χ1n) is 15.1. The molecule has 12 heteroatoms. The predicted octanol–water partition coefficient (Wildman–Crippen LogP) is 8.36. The zero-order chi connectivity index (χ0) is 33.7. The number of rotatable bonds is 10. The maximum Gasteiger partial charge on any atom is 0.573 e. The van der Waals surface area contributed by atoms with Crippen molar-refractivity contribution in [2.45, 2.75) is 52.8 Å². The number of anilines is 1. The number of aliphatic imine (C=N–C) groups is 1. The zero-order valence-corrected chi connectivity index (χ0v) is 27.2. The Morgan fingerprint density at radius 1 is 1.09 bits per heavy atom. The topological polar surface area (TPSA) is 89.7 Å². The molecule has 1 saturated heterocycles. The molecule has 4 aromatic rings. The lowest BCUT2D eigenvalue weighted by molar-refractivity contribution is -0.274. The third-order valence-corrected chi connectivity index (χ3v) is 8.30. The molecular weight excluding hydrogens is 627 g/mol. The van der Waals surface area contributed by atoms with Crippen LogP contribution in [0.1, 0.15) is 56.2 Å². The Labute approximate surface area is 275 Å². The molecule has 1 aliphatic heterocycles. The summed E-state index contributed by atoms with van der Waals surface area (Å²) in [6, 6.07) is 19.0. The van der Waals surface area contributed by atoms with Gasteiger partial charge in [0.2, 0.25) is 11.8 Å². The molecule has 1 unspecified atom stereocenters. The Morgan fingerprint density at radius 3 is 2.57 bits per heavy atom. The van der Waals surface area contributed by atoms with E-state index < -0.39 is 6.36 Å². The number of thioether (sulfide) groups is 1. The van der Waals surface area contributed by atoms with Crippen LogP contribution in [0.5, 0.6) is 5.75 Å². The number of aryl methyl sites for hydroxylation is 1. The molecule has 0 aliphatic carbocycles. The van der Waals surface area contributed by atoms with E-state index in [4.69, 9.17) is 0 Å². The molecule has 1 fully saturated rings. The van der Waals surface area contributed by atoms with Crippen LogP contribution < -0.4 is 9.64 Å². The molecule has 244 valence electrons. The summed E-state index contributed by atoms with van der Waals surface area (Å²) < 4.78 is 42.7. The Hall–Kier alpha value is -4.71. The molecule has 0 saturated carbocycles. The van der Waals surface area contributed by atoms with Gasteiger partial charge in [-0.15, -0.1) is 18.3 Å². The number of amidine groups is 1. The number of hydrogen-bond acceptors (Lipinski definition) is 6. The summed E-state index contributed by atoms with van der Waals surface area (Å²) in [4.78, 5) is 36.1. The molecule has 47 heavy (non-hydrogen) atoms. The molecule has 1 atom stereocenters. The van der Waals surface area contributed by atoms with Gasteiger partial charge in [0.15, 0.2) is 11.0 Å². The maximum absolute atomic E-state index is 13.0. The van der Waals surface area contributed by atoms with Crippen LogP contribution in [-0.4, -0.2) is 43.9 Å². The zero-order valence-electron chi connectivity index (χ0n) is 26.4. The smallest absolute Gasteiger partial charge is 0.406 e. The minimum absolute atomic E-state index is 0.0253. The van der Waals surface area contributed by atoms with E-state index in [-0.39, 0.29) is 41.6 Å². The number of aromatic nitrogens is 3. The third-order valence-electron chi connectivity index (χ3n) is 7.38. The van der Waals surface area contributed by atoms with Crippen molar-refractivity contribution >= 4 is 40.5 Å². The van der Waals surface area contributed by atoms with Crippen LogP contribution >= 0.6 is 11.8 Å². The number of carbonyl (C=O) groups excluding carboxylic acids is 2. The number of ether oxygens (including phenoxy) is 1. The van der Waals surface area contributed by atoms with Crippen molar-refractivity contribution in [3.8, 4) is 22.8 Å². The quantitative estimate of drug-likeness (QED) is 0.170. The molecule has 0 bridgehead atoms. The fourth-order valence-electron chi connectivity index (χ4n) is 5.09. The highest BCUT2D eigenvalue weighted by molar-refractivity contribution is 8.15. The van der Waals surface area contributed by atoms with Crippen LogP contribution in [0.15, 0.2) is 84.1 Å². The summed E-state index contributed by atoms with van der Waals surface area (Å²) >= 11 is 1.29. The Bertz CT molecular complexity index is 1820. The summed E-state index contributed by atoms with van der Waals surface area (Å²) in [7, 11) is 0. The first kappa shape index (κ1) is 33.6. The highest BCUT2D eigenvalue weighted by Crippen LogP contribution is 2.34. The van der Waals surface area contributed by atoms with E-state index in [1.807, 2.05) is 68.5 Å². The molecule has 5 rings (SSSR count). The molecule has 2 heterocycles. The van der Waals surface area contributed by atoms with Crippen molar-refractivity contribution in [2.75, 3.05) is 10.7 Å². The lowest BCUT2D eigenvalue weighted by Gasteiger charge is -2.22. The van der Waals surface area contributed by atoms with Gasteiger partial charge >= 0.3 is 6.36 Å². The molecule has 0 spiro atoms. The summed E-state index contributed by atoms with van der Waals surface area (Å²) in [5, 5.41) is 4.89. The van der Waals surface area contributed by atoms with E-state index >= 15 is 0 Å². The van der Waals surface area contributed by atoms with Gasteiger partial charge in [0.25, 0.3) is 0 Å². The van der Waals surface area contributed by atoms with Gasteiger partial charge in [0.1, 0.15) is 12.1 Å². The van der Waals surface area contributed by atoms with Crippen LogP contribution in [0, 0.1) is 12.8 Å². The highest BCUT2D eigenvalue weighted by atomic mass is 32.2. The van der Waals surface area contributed by atoms with Gasteiger partial charge in [-0.1, -0.05) is 75.0 Å². The fraction of sp³-hybridized carbons (Fsp3) is 0.286. The van der Waals surface area contributed by atoms with Gasteiger partial charge in [-0.05, 0) is 78.3 Å². The molecule has 2 amide bonds. The van der Waals surface area contributed by atoms with Crippen LogP contribution in [0.2, 0.25) is 0 Å². The average Bonchev–Trinajstić information content (AvgIpc) is 3.64. The van der Waals surface area contributed by atoms with E-state index in [0.717, 1.165) is 27.9 Å². The average molecular weight is 662 g/mol. The lowest BCUT2D eigenvalue weighted by atomic mass is 9.99. The van der Waals surface area contributed by atoms with Crippen molar-refractivity contribution in [1.82, 2.24) is 14.8 Å². The monoisotopic (exact) mass is 661 g/mol. The van der Waals surface area contributed by atoms with Crippen molar-refractivity contribution in [3.05, 3.63) is 95.8 Å². The second kappa shape index (κ2) is 14.4. The van der Waals surface area contributed by atoms with Crippen molar-refractivity contribution < 1.29 is 27.5 Å². The molecule has 1 aromatic heterocycles. The van der Waals surface area contributed by atoms with Crippen LogP contribution in [0.25, 0.3) is 23.2 Å². The van der Waals surface area contributed by atoms with Crippen LogP contribution in [0.3, 0.4) is 0 Å². The van der Waals surface area contributed by atoms with Crippen molar-refractivity contribution in [3.63, 3.8) is 0 Å². The first-order valence-corrected chi connectivity index (χ1v) is 16.1. The van der Waals surface area contributed by atoms with E-state index in [1.165, 1.54) is 47.0 Å². The Kier molecular flexibility index (Phi) is 10.3. The molecule has 8 nitrogen and oxygen atoms in total. The maximum atomic E-state index is 13.0. The summed E-state index contributed by atoms with van der Waals surface area (Å²) in [6.07, 6.45) is 1.58. The van der Waals surface area contributed by atoms with Gasteiger partial charge in [-0.2, -0.15) is 4.99 Å². The second-order valence-corrected chi connectivity index (χ2v) is 12.6. The SMILES string of the molecule is Cc1ccc(C(C)C)c(N2C(=O)CSC2=NC(=O)CC(C)C/C=C\c2cccc(-c3ncn(-c4ccc(OC(F)(F)F)cc4)n3)c2)c1. The number of halogens is 3. The summed E-state index contributed by atoms with van der Waals surface area (Å²) in [5.74, 6) is 0.273. The van der Waals surface area contributed by atoms with Gasteiger partial charge in [-0.3, -0.25) is 14.5 Å². The number of allylic oxidation sites excluding steroid dienone is 1. The number of carbonyl (C=O) groups is 2.